The van der Waals surface area contributed by atoms with Crippen LogP contribution in [0.1, 0.15) is 62.3 Å². The van der Waals surface area contributed by atoms with Gasteiger partial charge in [-0.05, 0) is 61.4 Å². The number of anilines is 1. The molecule has 0 N–H and O–H groups in total. The summed E-state index contributed by atoms with van der Waals surface area (Å²) in [5.74, 6) is 1.02. The molecule has 0 radical (unpaired) electrons. The predicted molar refractivity (Wildman–Crippen MR) is 124 cm³/mol. The lowest BCUT2D eigenvalue weighted by Gasteiger charge is -2.36. The zero-order chi connectivity index (χ0) is 23.9. The normalized spacial score (nSPS) is 22.8. The summed E-state index contributed by atoms with van der Waals surface area (Å²) >= 11 is 0. The molecular formula is C24H31FN4O4S. The molecule has 2 aliphatic heterocycles. The standard InChI is InChI=1S/C24H31FN4O4S/c1-34(31,32)20-7-6-17(21(25)15-20)14-18-8-13-29(23(18)30)19-9-11-28(12-10-19)24-26-22(33-27-24)16-4-2-3-5-16/h6-7,15-16,18-19H,2-5,8-14H2,1H3/t18-/m1/s1. The van der Waals surface area contributed by atoms with E-state index < -0.39 is 15.7 Å². The van der Waals surface area contributed by atoms with Crippen molar-refractivity contribution in [3.05, 3.63) is 35.5 Å². The van der Waals surface area contributed by atoms with Crippen molar-refractivity contribution in [3.63, 3.8) is 0 Å². The molecule has 1 atom stereocenters. The molecule has 184 valence electrons. The Morgan fingerprint density at radius 1 is 1.09 bits per heavy atom. The maximum Gasteiger partial charge on any atom is 0.266 e. The molecule has 3 aliphatic rings. The number of carbonyl (C=O) groups excluding carboxylic acids is 1. The van der Waals surface area contributed by atoms with Crippen molar-refractivity contribution in [2.24, 2.45) is 5.92 Å². The summed E-state index contributed by atoms with van der Waals surface area (Å²) in [5.41, 5.74) is 0.387. The van der Waals surface area contributed by atoms with Gasteiger partial charge in [-0.25, -0.2) is 12.8 Å². The lowest BCUT2D eigenvalue weighted by Crippen LogP contribution is -2.46. The van der Waals surface area contributed by atoms with Crippen LogP contribution in [0.25, 0.3) is 0 Å². The van der Waals surface area contributed by atoms with E-state index in [0.29, 0.717) is 30.4 Å². The van der Waals surface area contributed by atoms with Crippen molar-refractivity contribution in [2.75, 3.05) is 30.8 Å². The van der Waals surface area contributed by atoms with Gasteiger partial charge in [-0.1, -0.05) is 18.9 Å². The van der Waals surface area contributed by atoms with E-state index in [9.17, 15) is 17.6 Å². The van der Waals surface area contributed by atoms with E-state index in [4.69, 9.17) is 4.52 Å². The molecule has 3 fully saturated rings. The molecular weight excluding hydrogens is 459 g/mol. The lowest BCUT2D eigenvalue weighted by atomic mass is 9.97. The molecule has 34 heavy (non-hydrogen) atoms. The minimum Gasteiger partial charge on any atom is -0.339 e. The van der Waals surface area contributed by atoms with E-state index in [-0.39, 0.29) is 29.2 Å². The molecule has 1 aromatic carbocycles. The Bertz CT molecular complexity index is 1150. The summed E-state index contributed by atoms with van der Waals surface area (Å²) in [5, 5.41) is 4.20. The average molecular weight is 491 g/mol. The molecule has 10 heteroatoms. The summed E-state index contributed by atoms with van der Waals surface area (Å²) in [7, 11) is -3.47. The van der Waals surface area contributed by atoms with Crippen LogP contribution in [0.4, 0.5) is 10.3 Å². The van der Waals surface area contributed by atoms with Gasteiger partial charge in [-0.3, -0.25) is 4.79 Å². The number of benzene rings is 1. The number of rotatable bonds is 6. The third-order valence-electron chi connectivity index (χ3n) is 7.59. The molecule has 2 saturated heterocycles. The summed E-state index contributed by atoms with van der Waals surface area (Å²) in [6.07, 6.45) is 8.37. The number of amides is 1. The van der Waals surface area contributed by atoms with Crippen LogP contribution < -0.4 is 4.90 Å². The first kappa shape index (κ1) is 23.3. The summed E-state index contributed by atoms with van der Waals surface area (Å²) < 4.78 is 43.3. The number of halogens is 1. The summed E-state index contributed by atoms with van der Waals surface area (Å²) in [6, 6.07) is 4.11. The van der Waals surface area contributed by atoms with Gasteiger partial charge in [0, 0.05) is 43.8 Å². The van der Waals surface area contributed by atoms with Crippen molar-refractivity contribution in [2.45, 2.75) is 68.2 Å². The maximum absolute atomic E-state index is 14.5. The van der Waals surface area contributed by atoms with Gasteiger partial charge < -0.3 is 14.3 Å². The van der Waals surface area contributed by atoms with E-state index in [1.807, 2.05) is 4.90 Å². The monoisotopic (exact) mass is 490 g/mol. The highest BCUT2D eigenvalue weighted by molar-refractivity contribution is 7.90. The third kappa shape index (κ3) is 4.69. The van der Waals surface area contributed by atoms with Crippen molar-refractivity contribution in [1.82, 2.24) is 15.0 Å². The Kier molecular flexibility index (Phi) is 6.35. The van der Waals surface area contributed by atoms with Crippen molar-refractivity contribution in [1.29, 1.82) is 0 Å². The summed E-state index contributed by atoms with van der Waals surface area (Å²) in [4.78, 5) is 21.8. The highest BCUT2D eigenvalue weighted by atomic mass is 32.2. The molecule has 5 rings (SSSR count). The number of carbonyl (C=O) groups is 1. The van der Waals surface area contributed by atoms with Gasteiger partial charge >= 0.3 is 0 Å². The van der Waals surface area contributed by atoms with Gasteiger partial charge in [0.15, 0.2) is 9.84 Å². The van der Waals surface area contributed by atoms with E-state index in [2.05, 4.69) is 15.0 Å². The minimum atomic E-state index is -3.47. The molecule has 3 heterocycles. The number of piperidine rings is 1. The quantitative estimate of drug-likeness (QED) is 0.613. The first-order chi connectivity index (χ1) is 16.3. The van der Waals surface area contributed by atoms with Gasteiger partial charge in [0.25, 0.3) is 5.95 Å². The zero-order valence-corrected chi connectivity index (χ0v) is 20.3. The van der Waals surface area contributed by atoms with Crippen LogP contribution in [-0.2, 0) is 21.1 Å². The topological polar surface area (TPSA) is 96.6 Å². The highest BCUT2D eigenvalue weighted by Crippen LogP contribution is 2.34. The van der Waals surface area contributed by atoms with Crippen LogP contribution in [0.5, 0.6) is 0 Å². The van der Waals surface area contributed by atoms with Gasteiger partial charge in [0.1, 0.15) is 5.82 Å². The number of hydrogen-bond acceptors (Lipinski definition) is 7. The largest absolute Gasteiger partial charge is 0.339 e. The molecule has 1 saturated carbocycles. The van der Waals surface area contributed by atoms with Crippen LogP contribution in [-0.4, -0.2) is 61.3 Å². The minimum absolute atomic E-state index is 0.0446. The SMILES string of the molecule is CS(=O)(=O)c1ccc(C[C@H]2CCN(C3CCN(c4noc(C5CCCC5)n4)CC3)C2=O)c(F)c1. The van der Waals surface area contributed by atoms with Crippen LogP contribution in [0, 0.1) is 11.7 Å². The van der Waals surface area contributed by atoms with E-state index >= 15 is 0 Å². The fourth-order valence-corrected chi connectivity index (χ4v) is 6.21. The van der Waals surface area contributed by atoms with E-state index in [1.54, 1.807) is 0 Å². The fourth-order valence-electron chi connectivity index (χ4n) is 5.58. The molecule has 2 aromatic rings. The molecule has 1 aromatic heterocycles. The van der Waals surface area contributed by atoms with Gasteiger partial charge in [0.2, 0.25) is 11.8 Å². The number of hydrogen-bond donors (Lipinski definition) is 0. The molecule has 1 aliphatic carbocycles. The first-order valence-electron chi connectivity index (χ1n) is 12.2. The van der Waals surface area contributed by atoms with E-state index in [0.717, 1.165) is 57.0 Å². The average Bonchev–Trinajstić information content (AvgIpc) is 3.56. The Balaban J connectivity index is 1.16. The number of likely N-dealkylation sites (tertiary alicyclic amines) is 1. The lowest BCUT2D eigenvalue weighted by molar-refractivity contribution is -0.133. The van der Waals surface area contributed by atoms with Crippen LogP contribution in [0.3, 0.4) is 0 Å². The summed E-state index contributed by atoms with van der Waals surface area (Å²) in [6.45, 7) is 2.21. The maximum atomic E-state index is 14.5. The number of nitrogens with zero attached hydrogens (tertiary/aromatic N) is 4. The molecule has 0 bridgehead atoms. The van der Waals surface area contributed by atoms with Gasteiger partial charge in [0.05, 0.1) is 4.90 Å². The van der Waals surface area contributed by atoms with Gasteiger partial charge in [-0.2, -0.15) is 4.98 Å². The molecule has 0 spiro atoms. The number of aromatic nitrogens is 2. The van der Waals surface area contributed by atoms with Crippen molar-refractivity contribution in [3.8, 4) is 0 Å². The number of sulfone groups is 1. The molecule has 8 nitrogen and oxygen atoms in total. The molecule has 1 amide bonds. The highest BCUT2D eigenvalue weighted by Gasteiger charge is 2.38. The van der Waals surface area contributed by atoms with Crippen molar-refractivity contribution >= 4 is 21.7 Å². The van der Waals surface area contributed by atoms with Crippen LogP contribution in [0.15, 0.2) is 27.6 Å². The van der Waals surface area contributed by atoms with Crippen LogP contribution in [0.2, 0.25) is 0 Å². The Labute approximate surface area is 199 Å². The van der Waals surface area contributed by atoms with Crippen molar-refractivity contribution < 1.29 is 22.1 Å². The Hall–Kier alpha value is -2.49. The molecule has 0 unspecified atom stereocenters. The smallest absolute Gasteiger partial charge is 0.266 e. The zero-order valence-electron chi connectivity index (χ0n) is 19.5. The predicted octanol–water partition coefficient (Wildman–Crippen LogP) is 3.33. The Morgan fingerprint density at radius 2 is 1.82 bits per heavy atom. The third-order valence-corrected chi connectivity index (χ3v) is 8.70. The first-order valence-corrected chi connectivity index (χ1v) is 14.1. The Morgan fingerprint density at radius 3 is 2.50 bits per heavy atom. The second-order valence-electron chi connectivity index (χ2n) is 9.88. The van der Waals surface area contributed by atoms with E-state index in [1.165, 1.54) is 25.0 Å². The van der Waals surface area contributed by atoms with Gasteiger partial charge in [-0.15, -0.1) is 0 Å². The fraction of sp³-hybridized carbons (Fsp3) is 0.625. The second-order valence-corrected chi connectivity index (χ2v) is 11.9. The second kappa shape index (κ2) is 9.28. The van der Waals surface area contributed by atoms with Crippen LogP contribution >= 0.6 is 0 Å².